The Balaban J connectivity index is 1.59. The van der Waals surface area contributed by atoms with Gasteiger partial charge in [0.1, 0.15) is 5.82 Å². The third-order valence-corrected chi connectivity index (χ3v) is 4.37. The molecule has 0 aliphatic carbocycles. The van der Waals surface area contributed by atoms with Gasteiger partial charge in [-0.3, -0.25) is 0 Å². The molecule has 3 rings (SSSR count). The lowest BCUT2D eigenvalue weighted by Crippen LogP contribution is -2.27. The smallest absolute Gasteiger partial charge is 0.225 e. The van der Waals surface area contributed by atoms with Crippen LogP contribution in [0, 0.1) is 6.92 Å². The fourth-order valence-corrected chi connectivity index (χ4v) is 3.00. The van der Waals surface area contributed by atoms with E-state index in [1.807, 2.05) is 50.4 Å². The van der Waals surface area contributed by atoms with E-state index in [1.54, 1.807) is 0 Å². The number of rotatable bonds is 4. The van der Waals surface area contributed by atoms with Crippen molar-refractivity contribution in [2.24, 2.45) is 0 Å². The maximum Gasteiger partial charge on any atom is 0.225 e. The number of nitrogens with one attached hydrogen (secondary N) is 1. The van der Waals surface area contributed by atoms with Crippen molar-refractivity contribution in [2.45, 2.75) is 32.2 Å². The third kappa shape index (κ3) is 4.13. The second-order valence-corrected chi connectivity index (χ2v) is 6.56. The van der Waals surface area contributed by atoms with Crippen LogP contribution in [0.1, 0.15) is 25.0 Å². The lowest BCUT2D eigenvalue weighted by molar-refractivity contribution is 0.639. The monoisotopic (exact) mass is 326 g/mol. The highest BCUT2D eigenvalue weighted by molar-refractivity contribution is 5.48. The first-order valence-electron chi connectivity index (χ1n) is 8.56. The van der Waals surface area contributed by atoms with E-state index in [0.717, 1.165) is 55.5 Å². The van der Waals surface area contributed by atoms with Crippen molar-refractivity contribution in [1.82, 2.24) is 15.0 Å². The average molecular weight is 326 g/mol. The van der Waals surface area contributed by atoms with Crippen LogP contribution in [0.15, 0.2) is 30.6 Å². The highest BCUT2D eigenvalue weighted by atomic mass is 15.2. The Kier molecular flexibility index (Phi) is 5.13. The molecule has 1 fully saturated rings. The van der Waals surface area contributed by atoms with E-state index in [-0.39, 0.29) is 0 Å². The van der Waals surface area contributed by atoms with E-state index >= 15 is 0 Å². The summed E-state index contributed by atoms with van der Waals surface area (Å²) in [6.07, 6.45) is 7.13. The van der Waals surface area contributed by atoms with Gasteiger partial charge in [0, 0.05) is 45.1 Å². The third-order valence-electron chi connectivity index (χ3n) is 4.37. The minimum atomic E-state index is 0.465. The number of aryl methyl sites for hydroxylation is 1. The van der Waals surface area contributed by atoms with Crippen molar-refractivity contribution >= 4 is 17.5 Å². The van der Waals surface area contributed by atoms with Gasteiger partial charge in [-0.1, -0.05) is 0 Å². The molecular weight excluding hydrogens is 300 g/mol. The van der Waals surface area contributed by atoms with Gasteiger partial charge in [0.25, 0.3) is 0 Å². The Bertz CT molecular complexity index is 655. The maximum atomic E-state index is 4.55. The predicted octanol–water partition coefficient (Wildman–Crippen LogP) is 2.72. The molecule has 1 atom stereocenters. The largest absolute Gasteiger partial charge is 0.381 e. The van der Waals surface area contributed by atoms with Crippen LogP contribution in [0.3, 0.4) is 0 Å². The first-order valence-corrected chi connectivity index (χ1v) is 8.56. The van der Waals surface area contributed by atoms with Gasteiger partial charge in [-0.05, 0) is 44.4 Å². The molecule has 1 aliphatic heterocycles. The molecule has 0 amide bonds. The molecule has 0 aromatic carbocycles. The molecule has 0 unspecified atom stereocenters. The van der Waals surface area contributed by atoms with E-state index in [4.69, 9.17) is 0 Å². The molecule has 6 nitrogen and oxygen atoms in total. The zero-order valence-corrected chi connectivity index (χ0v) is 14.7. The standard InChI is InChI=1S/C18H26N6/c1-14-8-10-19-18(21-14)24-11-4-5-15(9-12-24)22-16-6-7-17(20-13-16)23(2)3/h6-8,10,13,15,22H,4-5,9,11-12H2,1-3H3/t15-/m0/s1. The van der Waals surface area contributed by atoms with Gasteiger partial charge in [0.2, 0.25) is 5.95 Å². The second-order valence-electron chi connectivity index (χ2n) is 6.56. The van der Waals surface area contributed by atoms with Crippen molar-refractivity contribution in [3.8, 4) is 0 Å². The molecule has 24 heavy (non-hydrogen) atoms. The Morgan fingerprint density at radius 1 is 1.12 bits per heavy atom. The summed E-state index contributed by atoms with van der Waals surface area (Å²) >= 11 is 0. The molecule has 2 aromatic rings. The quantitative estimate of drug-likeness (QED) is 0.932. The summed E-state index contributed by atoms with van der Waals surface area (Å²) in [5, 5.41) is 3.62. The summed E-state index contributed by atoms with van der Waals surface area (Å²) in [5.41, 5.74) is 2.11. The van der Waals surface area contributed by atoms with Crippen LogP contribution in [0.2, 0.25) is 0 Å². The molecule has 0 saturated carbocycles. The molecule has 1 saturated heterocycles. The molecule has 0 spiro atoms. The molecule has 1 aliphatic rings. The van der Waals surface area contributed by atoms with Gasteiger partial charge in [-0.15, -0.1) is 0 Å². The SMILES string of the molecule is Cc1ccnc(N2CCC[C@H](Nc3ccc(N(C)C)nc3)CC2)n1. The molecule has 2 aromatic heterocycles. The molecule has 1 N–H and O–H groups in total. The topological polar surface area (TPSA) is 57.2 Å². The number of hydrogen-bond acceptors (Lipinski definition) is 6. The fraction of sp³-hybridized carbons (Fsp3) is 0.500. The van der Waals surface area contributed by atoms with Crippen molar-refractivity contribution in [2.75, 3.05) is 42.3 Å². The van der Waals surface area contributed by atoms with Gasteiger partial charge in [-0.2, -0.15) is 0 Å². The highest BCUT2D eigenvalue weighted by Gasteiger charge is 2.18. The van der Waals surface area contributed by atoms with Gasteiger partial charge in [0.15, 0.2) is 0 Å². The number of pyridine rings is 1. The van der Waals surface area contributed by atoms with E-state index in [0.29, 0.717) is 6.04 Å². The van der Waals surface area contributed by atoms with Crippen LogP contribution in [-0.4, -0.2) is 48.2 Å². The number of nitrogens with zero attached hydrogens (tertiary/aromatic N) is 5. The Morgan fingerprint density at radius 3 is 2.71 bits per heavy atom. The van der Waals surface area contributed by atoms with Crippen LogP contribution < -0.4 is 15.1 Å². The summed E-state index contributed by atoms with van der Waals surface area (Å²) in [6.45, 7) is 4.00. The van der Waals surface area contributed by atoms with Crippen molar-refractivity contribution < 1.29 is 0 Å². The molecular formula is C18H26N6. The molecule has 6 heteroatoms. The van der Waals surface area contributed by atoms with Gasteiger partial charge in [-0.25, -0.2) is 15.0 Å². The summed E-state index contributed by atoms with van der Waals surface area (Å²) in [7, 11) is 4.01. The first kappa shape index (κ1) is 16.5. The van der Waals surface area contributed by atoms with Crippen LogP contribution >= 0.6 is 0 Å². The Labute approximate surface area is 143 Å². The van der Waals surface area contributed by atoms with Crippen LogP contribution in [0.5, 0.6) is 0 Å². The number of aromatic nitrogens is 3. The highest BCUT2D eigenvalue weighted by Crippen LogP contribution is 2.20. The fourth-order valence-electron chi connectivity index (χ4n) is 3.00. The lowest BCUT2D eigenvalue weighted by Gasteiger charge is -2.21. The molecule has 0 bridgehead atoms. The van der Waals surface area contributed by atoms with Crippen LogP contribution in [0.4, 0.5) is 17.5 Å². The summed E-state index contributed by atoms with van der Waals surface area (Å²) in [5.74, 6) is 1.83. The predicted molar refractivity (Wildman–Crippen MR) is 98.8 cm³/mol. The second kappa shape index (κ2) is 7.47. The number of anilines is 3. The minimum Gasteiger partial charge on any atom is -0.381 e. The van der Waals surface area contributed by atoms with Crippen LogP contribution in [0.25, 0.3) is 0 Å². The van der Waals surface area contributed by atoms with Crippen LogP contribution in [-0.2, 0) is 0 Å². The van der Waals surface area contributed by atoms with Crippen molar-refractivity contribution in [3.63, 3.8) is 0 Å². The Morgan fingerprint density at radius 2 is 2.00 bits per heavy atom. The lowest BCUT2D eigenvalue weighted by atomic mass is 10.1. The summed E-state index contributed by atoms with van der Waals surface area (Å²) in [4.78, 5) is 17.7. The summed E-state index contributed by atoms with van der Waals surface area (Å²) in [6, 6.07) is 6.56. The van der Waals surface area contributed by atoms with E-state index < -0.39 is 0 Å². The zero-order chi connectivity index (χ0) is 16.9. The van der Waals surface area contributed by atoms with Crippen molar-refractivity contribution in [3.05, 3.63) is 36.3 Å². The summed E-state index contributed by atoms with van der Waals surface area (Å²) < 4.78 is 0. The van der Waals surface area contributed by atoms with Gasteiger partial charge >= 0.3 is 0 Å². The van der Waals surface area contributed by atoms with Crippen molar-refractivity contribution in [1.29, 1.82) is 0 Å². The molecule has 0 radical (unpaired) electrons. The molecule has 128 valence electrons. The van der Waals surface area contributed by atoms with Gasteiger partial charge < -0.3 is 15.1 Å². The Hall–Kier alpha value is -2.37. The van der Waals surface area contributed by atoms with E-state index in [2.05, 4.69) is 31.2 Å². The molecule has 3 heterocycles. The normalized spacial score (nSPS) is 18.1. The first-order chi connectivity index (χ1) is 11.6. The average Bonchev–Trinajstić information content (AvgIpc) is 2.81. The zero-order valence-electron chi connectivity index (χ0n) is 14.7. The number of hydrogen-bond donors (Lipinski definition) is 1. The van der Waals surface area contributed by atoms with E-state index in [1.165, 1.54) is 0 Å². The minimum absolute atomic E-state index is 0.465. The van der Waals surface area contributed by atoms with E-state index in [9.17, 15) is 0 Å². The maximum absolute atomic E-state index is 4.55. The van der Waals surface area contributed by atoms with Gasteiger partial charge in [0.05, 0.1) is 11.9 Å².